The van der Waals surface area contributed by atoms with Gasteiger partial charge in [0.25, 0.3) is 0 Å². The van der Waals surface area contributed by atoms with Crippen molar-refractivity contribution >= 4 is 21.8 Å². The molecule has 1 amide bonds. The molecule has 1 N–H and O–H groups in total. The van der Waals surface area contributed by atoms with Gasteiger partial charge in [-0.3, -0.25) is 4.79 Å². The van der Waals surface area contributed by atoms with Crippen LogP contribution >= 0.6 is 15.9 Å². The quantitative estimate of drug-likeness (QED) is 0.928. The van der Waals surface area contributed by atoms with Crippen LogP contribution in [0.3, 0.4) is 0 Å². The number of amides is 1. The highest BCUT2D eigenvalue weighted by Gasteiger charge is 2.29. The third-order valence-corrected chi connectivity index (χ3v) is 3.47. The Morgan fingerprint density at radius 3 is 2.65 bits per heavy atom. The van der Waals surface area contributed by atoms with E-state index in [1.807, 2.05) is 24.3 Å². The van der Waals surface area contributed by atoms with Crippen LogP contribution in [-0.2, 0) is 4.79 Å². The van der Waals surface area contributed by atoms with Crippen molar-refractivity contribution < 1.29 is 9.53 Å². The number of nitrogens with one attached hydrogen (secondary N) is 1. The first-order chi connectivity index (χ1) is 8.13. The van der Waals surface area contributed by atoms with Crippen molar-refractivity contribution in [1.82, 2.24) is 5.32 Å². The molecule has 0 bridgehead atoms. The average Bonchev–Trinajstić information content (AvgIpc) is 2.23. The molecule has 92 valence electrons. The molecule has 0 saturated heterocycles. The molecule has 0 unspecified atom stereocenters. The highest BCUT2D eigenvalue weighted by Crippen LogP contribution is 2.28. The Labute approximate surface area is 110 Å². The van der Waals surface area contributed by atoms with E-state index in [0.717, 1.165) is 29.7 Å². The fourth-order valence-electron chi connectivity index (χ4n) is 2.02. The molecule has 1 aromatic rings. The molecule has 4 heteroatoms. The molecule has 1 aliphatic rings. The minimum atomic E-state index is 0.0577. The fourth-order valence-corrected chi connectivity index (χ4v) is 2.29. The Morgan fingerprint density at radius 2 is 2.06 bits per heavy atom. The molecule has 3 nitrogen and oxygen atoms in total. The molecule has 0 aromatic heterocycles. The molecule has 2 rings (SSSR count). The number of hydrogen-bond acceptors (Lipinski definition) is 2. The first-order valence-corrected chi connectivity index (χ1v) is 6.58. The van der Waals surface area contributed by atoms with Gasteiger partial charge >= 0.3 is 0 Å². The molecule has 1 aliphatic carbocycles. The smallest absolute Gasteiger partial charge is 0.217 e. The van der Waals surface area contributed by atoms with E-state index in [9.17, 15) is 4.79 Å². The molecule has 0 spiro atoms. The molecular formula is C13H16BrNO2. The number of carbonyl (C=O) groups is 1. The molecular weight excluding hydrogens is 282 g/mol. The van der Waals surface area contributed by atoms with Gasteiger partial charge in [-0.15, -0.1) is 0 Å². The second-order valence-corrected chi connectivity index (χ2v) is 5.42. The number of rotatable bonds is 4. The zero-order chi connectivity index (χ0) is 12.3. The maximum atomic E-state index is 10.8. The van der Waals surface area contributed by atoms with E-state index in [0.29, 0.717) is 12.0 Å². The summed E-state index contributed by atoms with van der Waals surface area (Å²) in [5.74, 6) is 1.52. The molecule has 0 heterocycles. The van der Waals surface area contributed by atoms with E-state index in [2.05, 4.69) is 21.2 Å². The molecule has 1 saturated carbocycles. The molecule has 0 aliphatic heterocycles. The maximum Gasteiger partial charge on any atom is 0.217 e. The normalized spacial score (nSPS) is 22.7. The van der Waals surface area contributed by atoms with Crippen molar-refractivity contribution in [1.29, 1.82) is 0 Å². The lowest BCUT2D eigenvalue weighted by molar-refractivity contribution is -0.120. The van der Waals surface area contributed by atoms with Gasteiger partial charge in [-0.1, -0.05) is 15.9 Å². The lowest BCUT2D eigenvalue weighted by Crippen LogP contribution is -2.45. The van der Waals surface area contributed by atoms with Crippen molar-refractivity contribution in [3.05, 3.63) is 28.7 Å². The number of ether oxygens (including phenoxy) is 1. The molecule has 0 radical (unpaired) electrons. The fraction of sp³-hybridized carbons (Fsp3) is 0.462. The first kappa shape index (κ1) is 12.4. The van der Waals surface area contributed by atoms with Gasteiger partial charge < -0.3 is 10.1 Å². The predicted molar refractivity (Wildman–Crippen MR) is 70.0 cm³/mol. The lowest BCUT2D eigenvalue weighted by Gasteiger charge is -2.35. The van der Waals surface area contributed by atoms with Crippen LogP contribution in [0.1, 0.15) is 19.8 Å². The number of carbonyl (C=O) groups excluding carboxylic acids is 1. The lowest BCUT2D eigenvalue weighted by atomic mass is 9.81. The zero-order valence-corrected chi connectivity index (χ0v) is 11.4. The monoisotopic (exact) mass is 297 g/mol. The van der Waals surface area contributed by atoms with E-state index < -0.39 is 0 Å². The van der Waals surface area contributed by atoms with E-state index >= 15 is 0 Å². The summed E-state index contributed by atoms with van der Waals surface area (Å²) >= 11 is 3.39. The summed E-state index contributed by atoms with van der Waals surface area (Å²) in [5, 5.41) is 2.91. The summed E-state index contributed by atoms with van der Waals surface area (Å²) in [6, 6.07) is 8.19. The van der Waals surface area contributed by atoms with Crippen LogP contribution in [0, 0.1) is 5.92 Å². The molecule has 17 heavy (non-hydrogen) atoms. The minimum absolute atomic E-state index is 0.0577. The van der Waals surface area contributed by atoms with Crippen molar-refractivity contribution in [3.8, 4) is 5.75 Å². The van der Waals surface area contributed by atoms with Gasteiger partial charge in [0.1, 0.15) is 5.75 Å². The Balaban J connectivity index is 1.67. The van der Waals surface area contributed by atoms with E-state index in [1.54, 1.807) is 6.92 Å². The van der Waals surface area contributed by atoms with Crippen molar-refractivity contribution in [3.63, 3.8) is 0 Å². The topological polar surface area (TPSA) is 38.3 Å². The minimum Gasteiger partial charge on any atom is -0.493 e. The summed E-state index contributed by atoms with van der Waals surface area (Å²) in [6.45, 7) is 2.30. The number of hydrogen-bond donors (Lipinski definition) is 1. The Morgan fingerprint density at radius 1 is 1.41 bits per heavy atom. The Bertz CT molecular complexity index is 385. The summed E-state index contributed by atoms with van der Waals surface area (Å²) in [5.41, 5.74) is 0. The van der Waals surface area contributed by atoms with Crippen LogP contribution in [0.5, 0.6) is 5.75 Å². The highest BCUT2D eigenvalue weighted by atomic mass is 79.9. The summed E-state index contributed by atoms with van der Waals surface area (Å²) in [4.78, 5) is 10.8. The average molecular weight is 298 g/mol. The second-order valence-electron chi connectivity index (χ2n) is 4.50. The van der Waals surface area contributed by atoms with Crippen LogP contribution < -0.4 is 10.1 Å². The zero-order valence-electron chi connectivity index (χ0n) is 9.78. The molecule has 0 atom stereocenters. The number of halogens is 1. The van der Waals surface area contributed by atoms with Crippen LogP contribution in [0.4, 0.5) is 0 Å². The van der Waals surface area contributed by atoms with Crippen molar-refractivity contribution in [2.24, 2.45) is 5.92 Å². The molecule has 1 aromatic carbocycles. The van der Waals surface area contributed by atoms with Gasteiger partial charge in [-0.25, -0.2) is 0 Å². The van der Waals surface area contributed by atoms with Crippen molar-refractivity contribution in [2.45, 2.75) is 25.8 Å². The van der Waals surface area contributed by atoms with Crippen molar-refractivity contribution in [2.75, 3.05) is 6.61 Å². The predicted octanol–water partition coefficient (Wildman–Crippen LogP) is 2.74. The van der Waals surface area contributed by atoms with E-state index in [-0.39, 0.29) is 5.91 Å². The Hall–Kier alpha value is -1.03. The third-order valence-electron chi connectivity index (χ3n) is 2.94. The summed E-state index contributed by atoms with van der Waals surface area (Å²) < 4.78 is 6.74. The van der Waals surface area contributed by atoms with Crippen LogP contribution in [0.2, 0.25) is 0 Å². The van der Waals surface area contributed by atoms with Crippen LogP contribution in [0.25, 0.3) is 0 Å². The van der Waals surface area contributed by atoms with Gasteiger partial charge in [-0.05, 0) is 43.0 Å². The SMILES string of the molecule is CC(=O)NC1CC(COc2ccc(Br)cc2)C1. The first-order valence-electron chi connectivity index (χ1n) is 5.79. The third kappa shape index (κ3) is 3.73. The van der Waals surface area contributed by atoms with E-state index in [4.69, 9.17) is 4.74 Å². The maximum absolute atomic E-state index is 10.8. The van der Waals surface area contributed by atoms with Crippen LogP contribution in [-0.4, -0.2) is 18.6 Å². The van der Waals surface area contributed by atoms with Crippen LogP contribution in [0.15, 0.2) is 28.7 Å². The Kier molecular flexibility index (Phi) is 4.05. The number of benzene rings is 1. The summed E-state index contributed by atoms with van der Waals surface area (Å²) in [6.07, 6.45) is 2.05. The van der Waals surface area contributed by atoms with Gasteiger partial charge in [0.2, 0.25) is 5.91 Å². The summed E-state index contributed by atoms with van der Waals surface area (Å²) in [7, 11) is 0. The van der Waals surface area contributed by atoms with Gasteiger partial charge in [0.15, 0.2) is 0 Å². The molecule has 1 fully saturated rings. The van der Waals surface area contributed by atoms with Gasteiger partial charge in [0.05, 0.1) is 6.61 Å². The standard InChI is InChI=1S/C13H16BrNO2/c1-9(16)15-12-6-10(7-12)8-17-13-4-2-11(14)3-5-13/h2-5,10,12H,6-8H2,1H3,(H,15,16). The van der Waals surface area contributed by atoms with E-state index in [1.165, 1.54) is 0 Å². The highest BCUT2D eigenvalue weighted by molar-refractivity contribution is 9.10. The van der Waals surface area contributed by atoms with Gasteiger partial charge in [-0.2, -0.15) is 0 Å². The largest absolute Gasteiger partial charge is 0.493 e. The second kappa shape index (κ2) is 5.54. The van der Waals surface area contributed by atoms with Gasteiger partial charge in [0, 0.05) is 17.4 Å².